The van der Waals surface area contributed by atoms with Crippen LogP contribution in [0.3, 0.4) is 0 Å². The van der Waals surface area contributed by atoms with Gasteiger partial charge in [-0.2, -0.15) is 5.26 Å². The summed E-state index contributed by atoms with van der Waals surface area (Å²) in [5.41, 5.74) is 3.80. The zero-order chi connectivity index (χ0) is 12.1. The van der Waals surface area contributed by atoms with Crippen molar-refractivity contribution in [2.24, 2.45) is 5.84 Å². The van der Waals surface area contributed by atoms with E-state index in [2.05, 4.69) is 26.8 Å². The average Bonchev–Trinajstić information content (AvgIpc) is 2.39. The second-order valence-corrected chi connectivity index (χ2v) is 3.25. The molecule has 6 heteroatoms. The molecule has 6 nitrogen and oxygen atoms in total. The molecule has 1 aromatic heterocycles. The van der Waals surface area contributed by atoms with Crippen molar-refractivity contribution in [1.29, 1.82) is 5.26 Å². The molecule has 0 spiro atoms. The number of hydrogen-bond donors (Lipinski definition) is 3. The molecule has 2 rings (SSSR count). The van der Waals surface area contributed by atoms with E-state index in [0.717, 1.165) is 5.69 Å². The van der Waals surface area contributed by atoms with Gasteiger partial charge < -0.3 is 10.7 Å². The van der Waals surface area contributed by atoms with E-state index in [1.54, 1.807) is 24.3 Å². The Morgan fingerprint density at radius 2 is 2.00 bits per heavy atom. The number of benzene rings is 1. The second-order valence-electron chi connectivity index (χ2n) is 3.25. The standard InChI is InChI=1S/C11H10N6/c12-6-8-2-1-3-9(4-8)16-10-5-11(17-13)15-7-14-10/h1-5,7H,13H2,(H2,14,15,16,17). The van der Waals surface area contributed by atoms with E-state index in [1.807, 2.05) is 6.07 Å². The Bertz CT molecular complexity index is 560. The van der Waals surface area contributed by atoms with E-state index >= 15 is 0 Å². The van der Waals surface area contributed by atoms with Gasteiger partial charge in [0.1, 0.15) is 18.0 Å². The Hall–Kier alpha value is -2.65. The number of rotatable bonds is 3. The van der Waals surface area contributed by atoms with Crippen molar-refractivity contribution in [2.75, 3.05) is 10.7 Å². The number of nitrogens with zero attached hydrogens (tertiary/aromatic N) is 3. The van der Waals surface area contributed by atoms with E-state index < -0.39 is 0 Å². The molecule has 17 heavy (non-hydrogen) atoms. The molecule has 84 valence electrons. The maximum atomic E-state index is 8.78. The molecule has 0 aliphatic heterocycles. The van der Waals surface area contributed by atoms with Gasteiger partial charge in [-0.15, -0.1) is 0 Å². The van der Waals surface area contributed by atoms with Gasteiger partial charge in [0.05, 0.1) is 11.6 Å². The minimum Gasteiger partial charge on any atom is -0.340 e. The number of nitriles is 1. The SMILES string of the molecule is N#Cc1cccc(Nc2cc(NN)ncn2)c1. The van der Waals surface area contributed by atoms with Crippen molar-refractivity contribution < 1.29 is 0 Å². The highest BCUT2D eigenvalue weighted by Gasteiger charge is 1.99. The quantitative estimate of drug-likeness (QED) is 0.540. The van der Waals surface area contributed by atoms with E-state index in [1.165, 1.54) is 6.33 Å². The number of aromatic nitrogens is 2. The van der Waals surface area contributed by atoms with Gasteiger partial charge in [0.2, 0.25) is 0 Å². The van der Waals surface area contributed by atoms with Gasteiger partial charge in [0.15, 0.2) is 0 Å². The fourth-order valence-electron chi connectivity index (χ4n) is 1.32. The first-order valence-electron chi connectivity index (χ1n) is 4.87. The average molecular weight is 226 g/mol. The number of anilines is 3. The largest absolute Gasteiger partial charge is 0.340 e. The van der Waals surface area contributed by atoms with Crippen LogP contribution in [0.25, 0.3) is 0 Å². The minimum atomic E-state index is 0.513. The van der Waals surface area contributed by atoms with Crippen molar-refractivity contribution in [3.63, 3.8) is 0 Å². The second kappa shape index (κ2) is 4.92. The first kappa shape index (κ1) is 10.9. The number of nitrogens with one attached hydrogen (secondary N) is 2. The number of nitrogen functional groups attached to an aromatic ring is 1. The summed E-state index contributed by atoms with van der Waals surface area (Å²) in [5.74, 6) is 6.36. The third-order valence-electron chi connectivity index (χ3n) is 2.08. The fraction of sp³-hybridized carbons (Fsp3) is 0. The van der Waals surface area contributed by atoms with Crippen LogP contribution in [0.2, 0.25) is 0 Å². The van der Waals surface area contributed by atoms with E-state index in [9.17, 15) is 0 Å². The molecule has 0 atom stereocenters. The number of nitrogens with two attached hydrogens (primary N) is 1. The highest BCUT2D eigenvalue weighted by atomic mass is 15.3. The van der Waals surface area contributed by atoms with Gasteiger partial charge in [-0.25, -0.2) is 15.8 Å². The van der Waals surface area contributed by atoms with Gasteiger partial charge in [0.25, 0.3) is 0 Å². The summed E-state index contributed by atoms with van der Waals surface area (Å²) in [6.07, 6.45) is 1.39. The van der Waals surface area contributed by atoms with Crippen LogP contribution in [-0.4, -0.2) is 9.97 Å². The lowest BCUT2D eigenvalue weighted by Crippen LogP contribution is -2.09. The first-order chi connectivity index (χ1) is 8.31. The Kier molecular flexibility index (Phi) is 3.14. The molecule has 1 heterocycles. The van der Waals surface area contributed by atoms with Crippen LogP contribution in [0.5, 0.6) is 0 Å². The van der Waals surface area contributed by atoms with Gasteiger partial charge in [-0.05, 0) is 18.2 Å². The van der Waals surface area contributed by atoms with Crippen molar-refractivity contribution >= 4 is 17.3 Å². The lowest BCUT2D eigenvalue weighted by molar-refractivity contribution is 1.14. The van der Waals surface area contributed by atoms with Crippen molar-refractivity contribution in [2.45, 2.75) is 0 Å². The van der Waals surface area contributed by atoms with Gasteiger partial charge in [-0.3, -0.25) is 0 Å². The number of hydrazine groups is 1. The normalized spacial score (nSPS) is 9.41. The summed E-state index contributed by atoms with van der Waals surface area (Å²) in [7, 11) is 0. The molecule has 0 fully saturated rings. The van der Waals surface area contributed by atoms with Gasteiger partial charge in [-0.1, -0.05) is 6.07 Å². The predicted octanol–water partition coefficient (Wildman–Crippen LogP) is 1.38. The van der Waals surface area contributed by atoms with Crippen LogP contribution in [-0.2, 0) is 0 Å². The molecule has 0 radical (unpaired) electrons. The first-order valence-corrected chi connectivity index (χ1v) is 4.87. The van der Waals surface area contributed by atoms with E-state index in [4.69, 9.17) is 11.1 Å². The Balaban J connectivity index is 2.22. The Labute approximate surface area is 98.1 Å². The zero-order valence-corrected chi connectivity index (χ0v) is 8.88. The van der Waals surface area contributed by atoms with Crippen LogP contribution < -0.4 is 16.6 Å². The van der Waals surface area contributed by atoms with Gasteiger partial charge >= 0.3 is 0 Å². The predicted molar refractivity (Wildman–Crippen MR) is 64.3 cm³/mol. The molecule has 0 unspecified atom stereocenters. The molecule has 0 amide bonds. The third kappa shape index (κ3) is 2.68. The highest BCUT2D eigenvalue weighted by molar-refractivity contribution is 5.60. The summed E-state index contributed by atoms with van der Waals surface area (Å²) < 4.78 is 0. The topological polar surface area (TPSA) is 99.7 Å². The molecular weight excluding hydrogens is 216 g/mol. The van der Waals surface area contributed by atoms with Crippen LogP contribution in [0, 0.1) is 11.3 Å². The summed E-state index contributed by atoms with van der Waals surface area (Å²) >= 11 is 0. The molecule has 0 saturated heterocycles. The van der Waals surface area contributed by atoms with Crippen molar-refractivity contribution in [1.82, 2.24) is 9.97 Å². The van der Waals surface area contributed by atoms with Crippen molar-refractivity contribution in [3.8, 4) is 6.07 Å². The summed E-state index contributed by atoms with van der Waals surface area (Å²) in [6.45, 7) is 0. The summed E-state index contributed by atoms with van der Waals surface area (Å²) in [6, 6.07) is 10.8. The number of hydrogen-bond acceptors (Lipinski definition) is 6. The maximum Gasteiger partial charge on any atom is 0.145 e. The van der Waals surface area contributed by atoms with Crippen LogP contribution in [0.4, 0.5) is 17.3 Å². The van der Waals surface area contributed by atoms with Crippen LogP contribution >= 0.6 is 0 Å². The fourth-order valence-corrected chi connectivity index (χ4v) is 1.32. The van der Waals surface area contributed by atoms with Crippen LogP contribution in [0.1, 0.15) is 5.56 Å². The molecular formula is C11H10N6. The molecule has 0 aliphatic rings. The molecule has 4 N–H and O–H groups in total. The third-order valence-corrected chi connectivity index (χ3v) is 2.08. The Morgan fingerprint density at radius 1 is 1.18 bits per heavy atom. The summed E-state index contributed by atoms with van der Waals surface area (Å²) in [5, 5.41) is 11.8. The van der Waals surface area contributed by atoms with Gasteiger partial charge in [0, 0.05) is 11.8 Å². The monoisotopic (exact) mass is 226 g/mol. The highest BCUT2D eigenvalue weighted by Crippen LogP contribution is 2.16. The molecule has 2 aromatic rings. The zero-order valence-electron chi connectivity index (χ0n) is 8.88. The summed E-state index contributed by atoms with van der Waals surface area (Å²) in [4.78, 5) is 7.93. The van der Waals surface area contributed by atoms with E-state index in [0.29, 0.717) is 17.2 Å². The van der Waals surface area contributed by atoms with E-state index in [-0.39, 0.29) is 0 Å². The Morgan fingerprint density at radius 3 is 2.76 bits per heavy atom. The maximum absolute atomic E-state index is 8.78. The minimum absolute atomic E-state index is 0.513. The molecule has 0 aliphatic carbocycles. The molecule has 1 aromatic carbocycles. The smallest absolute Gasteiger partial charge is 0.145 e. The lowest BCUT2D eigenvalue weighted by atomic mass is 10.2. The molecule has 0 bridgehead atoms. The van der Waals surface area contributed by atoms with Crippen molar-refractivity contribution in [3.05, 3.63) is 42.2 Å². The van der Waals surface area contributed by atoms with Crippen LogP contribution in [0.15, 0.2) is 36.7 Å². The molecule has 0 saturated carbocycles. The lowest BCUT2D eigenvalue weighted by Gasteiger charge is -2.06.